The SMILES string of the molecule is Cc1nc(N[C@H](C)c2cccc(C(F)F)c2F)c2cn(C3(CF)CC3)c(=O)c(NC3COC3)c2n1. The monoisotopic (exact) mass is 491 g/mol. The number of nitrogens with one attached hydrogen (secondary N) is 2. The van der Waals surface area contributed by atoms with Crippen molar-refractivity contribution in [2.75, 3.05) is 30.5 Å². The molecule has 1 saturated carbocycles. The molecule has 1 aliphatic carbocycles. The summed E-state index contributed by atoms with van der Waals surface area (Å²) in [5.74, 6) is -0.347. The fraction of sp³-hybridized carbons (Fsp3) is 0.458. The van der Waals surface area contributed by atoms with E-state index in [1.165, 1.54) is 22.9 Å². The number of aromatic nitrogens is 3. The maximum atomic E-state index is 14.8. The van der Waals surface area contributed by atoms with Gasteiger partial charge in [-0.05, 0) is 26.7 Å². The van der Waals surface area contributed by atoms with E-state index in [9.17, 15) is 22.4 Å². The molecule has 0 amide bonds. The van der Waals surface area contributed by atoms with Gasteiger partial charge >= 0.3 is 0 Å². The van der Waals surface area contributed by atoms with E-state index in [-0.39, 0.29) is 28.7 Å². The van der Waals surface area contributed by atoms with E-state index in [1.54, 1.807) is 13.8 Å². The standard InChI is InChI=1S/C24H25F4N5O2/c1-12(15-4-3-5-16(18(15)26)21(27)28)29-22-17-8-33(24(11-25)6-7-24)23(34)20(32-14-9-35-10-14)19(17)30-13(2)31-22/h3-5,8,12,14,21,32H,6-7,9-11H2,1-2H3,(H,29,30,31)/t12-/m1/s1. The van der Waals surface area contributed by atoms with Crippen LogP contribution in [0.15, 0.2) is 29.2 Å². The molecule has 2 fully saturated rings. The minimum Gasteiger partial charge on any atom is -0.377 e. The lowest BCUT2D eigenvalue weighted by Gasteiger charge is -2.29. The number of hydrogen-bond acceptors (Lipinski definition) is 6. The number of benzene rings is 1. The summed E-state index contributed by atoms with van der Waals surface area (Å²) in [4.78, 5) is 22.3. The number of fused-ring (bicyclic) bond motifs is 1. The molecule has 11 heteroatoms. The van der Waals surface area contributed by atoms with Crippen molar-refractivity contribution in [3.8, 4) is 0 Å². The van der Waals surface area contributed by atoms with E-state index in [0.29, 0.717) is 42.8 Å². The van der Waals surface area contributed by atoms with Crippen LogP contribution in [0, 0.1) is 12.7 Å². The van der Waals surface area contributed by atoms with Crippen molar-refractivity contribution in [1.82, 2.24) is 14.5 Å². The molecule has 2 aliphatic rings. The van der Waals surface area contributed by atoms with E-state index < -0.39 is 36.1 Å². The first kappa shape index (κ1) is 23.5. The number of halogens is 4. The fourth-order valence-corrected chi connectivity index (χ4v) is 4.36. The Balaban J connectivity index is 1.63. The summed E-state index contributed by atoms with van der Waals surface area (Å²) in [6.45, 7) is 3.44. The zero-order valence-corrected chi connectivity index (χ0v) is 19.2. The summed E-state index contributed by atoms with van der Waals surface area (Å²) >= 11 is 0. The van der Waals surface area contributed by atoms with Gasteiger partial charge in [0.1, 0.15) is 35.3 Å². The smallest absolute Gasteiger partial charge is 0.276 e. The number of aryl methyl sites for hydroxylation is 1. The van der Waals surface area contributed by atoms with Crippen LogP contribution < -0.4 is 16.2 Å². The van der Waals surface area contributed by atoms with E-state index >= 15 is 0 Å². The molecule has 7 nitrogen and oxygen atoms in total. The van der Waals surface area contributed by atoms with Crippen molar-refractivity contribution < 1.29 is 22.3 Å². The van der Waals surface area contributed by atoms with Gasteiger partial charge in [0, 0.05) is 11.8 Å². The van der Waals surface area contributed by atoms with Gasteiger partial charge < -0.3 is 19.9 Å². The number of pyridine rings is 1. The van der Waals surface area contributed by atoms with Crippen molar-refractivity contribution in [1.29, 1.82) is 0 Å². The Kier molecular flexibility index (Phi) is 5.90. The topological polar surface area (TPSA) is 81.1 Å². The van der Waals surface area contributed by atoms with Gasteiger partial charge in [-0.3, -0.25) is 4.79 Å². The Hall–Kier alpha value is -3.21. The molecule has 5 rings (SSSR count). The third-order valence-electron chi connectivity index (χ3n) is 6.67. The summed E-state index contributed by atoms with van der Waals surface area (Å²) in [5.41, 5.74) is -1.36. The first-order valence-electron chi connectivity index (χ1n) is 11.4. The predicted molar refractivity (Wildman–Crippen MR) is 123 cm³/mol. The highest BCUT2D eigenvalue weighted by Gasteiger charge is 2.46. The quantitative estimate of drug-likeness (QED) is 0.448. The highest BCUT2D eigenvalue weighted by Crippen LogP contribution is 2.44. The summed E-state index contributed by atoms with van der Waals surface area (Å²) in [5, 5.41) is 6.72. The lowest BCUT2D eigenvalue weighted by atomic mass is 10.0. The van der Waals surface area contributed by atoms with Crippen LogP contribution in [0.4, 0.5) is 29.1 Å². The van der Waals surface area contributed by atoms with Gasteiger partial charge in [-0.2, -0.15) is 0 Å². The van der Waals surface area contributed by atoms with E-state index in [1.807, 2.05) is 0 Å². The molecule has 2 aromatic heterocycles. The van der Waals surface area contributed by atoms with Crippen molar-refractivity contribution in [2.45, 2.75) is 50.7 Å². The molecule has 0 radical (unpaired) electrons. The minimum absolute atomic E-state index is 0.0490. The summed E-state index contributed by atoms with van der Waals surface area (Å²) in [6.07, 6.45) is -0.359. The molecule has 35 heavy (non-hydrogen) atoms. The van der Waals surface area contributed by atoms with Crippen LogP contribution in [-0.2, 0) is 10.3 Å². The van der Waals surface area contributed by atoms with Crippen molar-refractivity contribution in [3.63, 3.8) is 0 Å². The Bertz CT molecular complexity index is 1340. The van der Waals surface area contributed by atoms with Gasteiger partial charge in [-0.1, -0.05) is 18.2 Å². The lowest BCUT2D eigenvalue weighted by Crippen LogP contribution is -2.43. The zero-order valence-electron chi connectivity index (χ0n) is 19.2. The lowest BCUT2D eigenvalue weighted by molar-refractivity contribution is 0.0211. The second kappa shape index (κ2) is 8.78. The third-order valence-corrected chi connectivity index (χ3v) is 6.67. The highest BCUT2D eigenvalue weighted by molar-refractivity contribution is 5.96. The average molecular weight is 491 g/mol. The third kappa shape index (κ3) is 4.11. The maximum Gasteiger partial charge on any atom is 0.276 e. The van der Waals surface area contributed by atoms with E-state index in [2.05, 4.69) is 20.6 Å². The molecule has 186 valence electrons. The van der Waals surface area contributed by atoms with Gasteiger partial charge in [-0.25, -0.2) is 27.5 Å². The first-order valence-corrected chi connectivity index (χ1v) is 11.4. The second-order valence-corrected chi connectivity index (χ2v) is 9.21. The minimum atomic E-state index is -2.95. The molecule has 3 heterocycles. The molecular weight excluding hydrogens is 466 g/mol. The number of anilines is 2. The molecule has 1 aromatic carbocycles. The molecule has 2 N–H and O–H groups in total. The molecule has 1 saturated heterocycles. The summed E-state index contributed by atoms with van der Waals surface area (Å²) < 4.78 is 61.8. The second-order valence-electron chi connectivity index (χ2n) is 9.21. The number of ether oxygens (including phenoxy) is 1. The van der Waals surface area contributed by atoms with Crippen LogP contribution in [0.3, 0.4) is 0 Å². The summed E-state index contributed by atoms with van der Waals surface area (Å²) in [6, 6.07) is 3.03. The Morgan fingerprint density at radius 2 is 1.94 bits per heavy atom. The molecule has 0 bridgehead atoms. The number of nitrogens with zero attached hydrogens (tertiary/aromatic N) is 3. The molecule has 1 atom stereocenters. The van der Waals surface area contributed by atoms with Crippen molar-refractivity contribution in [2.24, 2.45) is 0 Å². The Labute approximate surface area is 198 Å². The molecule has 1 aliphatic heterocycles. The fourth-order valence-electron chi connectivity index (χ4n) is 4.36. The predicted octanol–water partition coefficient (Wildman–Crippen LogP) is 4.62. The first-order chi connectivity index (χ1) is 16.7. The molecule has 3 aromatic rings. The van der Waals surface area contributed by atoms with Crippen LogP contribution in [0.25, 0.3) is 10.9 Å². The van der Waals surface area contributed by atoms with Crippen LogP contribution >= 0.6 is 0 Å². The molecule has 0 spiro atoms. The van der Waals surface area contributed by atoms with Crippen molar-refractivity contribution in [3.05, 3.63) is 57.5 Å². The van der Waals surface area contributed by atoms with Crippen LogP contribution in [0.5, 0.6) is 0 Å². The van der Waals surface area contributed by atoms with Gasteiger partial charge in [0.2, 0.25) is 0 Å². The molecule has 0 unspecified atom stereocenters. The van der Waals surface area contributed by atoms with E-state index in [0.717, 1.165) is 6.07 Å². The number of hydrogen-bond donors (Lipinski definition) is 2. The van der Waals surface area contributed by atoms with Crippen LogP contribution in [0.1, 0.15) is 49.2 Å². The van der Waals surface area contributed by atoms with Gasteiger partial charge in [0.05, 0.1) is 41.8 Å². The highest BCUT2D eigenvalue weighted by atomic mass is 19.3. The van der Waals surface area contributed by atoms with Gasteiger partial charge in [0.15, 0.2) is 0 Å². The zero-order chi connectivity index (χ0) is 24.9. The Morgan fingerprint density at radius 1 is 1.23 bits per heavy atom. The maximum absolute atomic E-state index is 14.8. The average Bonchev–Trinajstić information content (AvgIpc) is 3.58. The summed E-state index contributed by atoms with van der Waals surface area (Å²) in [7, 11) is 0. The number of rotatable bonds is 8. The van der Waals surface area contributed by atoms with E-state index in [4.69, 9.17) is 4.74 Å². The van der Waals surface area contributed by atoms with Crippen LogP contribution in [0.2, 0.25) is 0 Å². The van der Waals surface area contributed by atoms with Crippen LogP contribution in [-0.4, -0.2) is 40.5 Å². The van der Waals surface area contributed by atoms with Crippen molar-refractivity contribution >= 4 is 22.4 Å². The Morgan fingerprint density at radius 3 is 2.54 bits per heavy atom. The number of alkyl halides is 3. The largest absolute Gasteiger partial charge is 0.377 e. The molecular formula is C24H25F4N5O2. The van der Waals surface area contributed by atoms with Gasteiger partial charge in [0.25, 0.3) is 12.0 Å². The van der Waals surface area contributed by atoms with Gasteiger partial charge in [-0.15, -0.1) is 0 Å². The normalized spacial score (nSPS) is 17.9.